The Balaban J connectivity index is 1.52. The standard InChI is InChI=1S/C26H44N2O5/c29-16-7-17-32-22-14-12-21(13-15-22)24-27-26(25(30)28-31,18-19-8-3-1-4-9-19)23(33-24)20-10-5-2-6-11-20/h19-23,29,31H,1-18H2,(H,28,30)/t21?,22?,23-,26-/m1/s1. The number of rotatable bonds is 9. The summed E-state index contributed by atoms with van der Waals surface area (Å²) in [5.74, 6) is 1.37. The van der Waals surface area contributed by atoms with E-state index in [1.54, 1.807) is 0 Å². The highest BCUT2D eigenvalue weighted by Crippen LogP contribution is 2.46. The van der Waals surface area contributed by atoms with Gasteiger partial charge in [0.1, 0.15) is 6.10 Å². The van der Waals surface area contributed by atoms with Gasteiger partial charge in [-0.3, -0.25) is 10.0 Å². The second-order valence-corrected chi connectivity index (χ2v) is 10.9. The fourth-order valence-electron chi connectivity index (χ4n) is 6.78. The second kappa shape index (κ2) is 12.0. The Morgan fingerprint density at radius 3 is 2.30 bits per heavy atom. The second-order valence-electron chi connectivity index (χ2n) is 10.9. The molecule has 3 saturated carbocycles. The van der Waals surface area contributed by atoms with Gasteiger partial charge in [-0.2, -0.15) is 0 Å². The molecule has 1 heterocycles. The smallest absolute Gasteiger partial charge is 0.275 e. The first-order chi connectivity index (χ1) is 16.2. The number of carbonyl (C=O) groups excluding carboxylic acids is 1. The van der Waals surface area contributed by atoms with E-state index in [0.717, 1.165) is 57.3 Å². The molecule has 1 amide bonds. The number of hydroxylamine groups is 1. The van der Waals surface area contributed by atoms with E-state index < -0.39 is 5.54 Å². The molecular weight excluding hydrogens is 420 g/mol. The van der Waals surface area contributed by atoms with E-state index in [2.05, 4.69) is 0 Å². The van der Waals surface area contributed by atoms with Gasteiger partial charge < -0.3 is 14.6 Å². The number of amides is 1. The van der Waals surface area contributed by atoms with Crippen molar-refractivity contribution in [3.63, 3.8) is 0 Å². The lowest BCUT2D eigenvalue weighted by Crippen LogP contribution is -2.55. The number of carbonyl (C=O) groups is 1. The first kappa shape index (κ1) is 24.9. The molecule has 4 rings (SSSR count). The van der Waals surface area contributed by atoms with E-state index in [4.69, 9.17) is 19.6 Å². The topological polar surface area (TPSA) is 100 Å². The third-order valence-corrected chi connectivity index (χ3v) is 8.60. The largest absolute Gasteiger partial charge is 0.474 e. The van der Waals surface area contributed by atoms with Crippen LogP contribution in [0.4, 0.5) is 0 Å². The number of nitrogens with zero attached hydrogens (tertiary/aromatic N) is 1. The van der Waals surface area contributed by atoms with Gasteiger partial charge in [-0.05, 0) is 63.2 Å². The highest BCUT2D eigenvalue weighted by atomic mass is 16.5. The van der Waals surface area contributed by atoms with Crippen LogP contribution in [0.1, 0.15) is 103 Å². The van der Waals surface area contributed by atoms with Crippen LogP contribution in [0.2, 0.25) is 0 Å². The average Bonchev–Trinajstić information content (AvgIpc) is 3.25. The first-order valence-electron chi connectivity index (χ1n) is 13.6. The molecule has 188 valence electrons. The SMILES string of the molecule is O=C(NO)[C@]1(CC2CCCCC2)N=C(C2CCC(OCCCO)CC2)O[C@@H]1C1CCCCC1. The average molecular weight is 465 g/mol. The Bertz CT molecular complexity index is 651. The Hall–Kier alpha value is -1.18. The Morgan fingerprint density at radius 2 is 1.67 bits per heavy atom. The van der Waals surface area contributed by atoms with Crippen LogP contribution < -0.4 is 5.48 Å². The summed E-state index contributed by atoms with van der Waals surface area (Å²) in [6.07, 6.45) is 16.9. The van der Waals surface area contributed by atoms with Crippen LogP contribution in [0.15, 0.2) is 4.99 Å². The van der Waals surface area contributed by atoms with Crippen molar-refractivity contribution < 1.29 is 24.6 Å². The molecule has 0 aromatic carbocycles. The number of aliphatic imine (C=N–C) groups is 1. The van der Waals surface area contributed by atoms with Crippen LogP contribution in [0.3, 0.4) is 0 Å². The summed E-state index contributed by atoms with van der Waals surface area (Å²) in [6.45, 7) is 0.771. The summed E-state index contributed by atoms with van der Waals surface area (Å²) >= 11 is 0. The zero-order valence-electron chi connectivity index (χ0n) is 20.2. The van der Waals surface area contributed by atoms with Gasteiger partial charge in [0.2, 0.25) is 0 Å². The lowest BCUT2D eigenvalue weighted by molar-refractivity contribution is -0.140. The van der Waals surface area contributed by atoms with Gasteiger partial charge in [-0.1, -0.05) is 51.4 Å². The third kappa shape index (κ3) is 5.91. The number of aliphatic hydroxyl groups excluding tert-OH is 1. The van der Waals surface area contributed by atoms with Gasteiger partial charge in [-0.25, -0.2) is 10.5 Å². The molecule has 0 unspecified atom stereocenters. The highest BCUT2D eigenvalue weighted by molar-refractivity contribution is 5.93. The maximum atomic E-state index is 13.3. The van der Waals surface area contributed by atoms with E-state index >= 15 is 0 Å². The Labute approximate surface area is 198 Å². The molecule has 0 aromatic rings. The summed E-state index contributed by atoms with van der Waals surface area (Å²) in [5, 5.41) is 18.8. The molecule has 0 aromatic heterocycles. The minimum absolute atomic E-state index is 0.165. The van der Waals surface area contributed by atoms with Crippen molar-refractivity contribution in [1.82, 2.24) is 5.48 Å². The van der Waals surface area contributed by atoms with Crippen LogP contribution >= 0.6 is 0 Å². The van der Waals surface area contributed by atoms with E-state index in [1.807, 2.05) is 5.48 Å². The molecular formula is C26H44N2O5. The molecule has 0 radical (unpaired) electrons. The van der Waals surface area contributed by atoms with Crippen molar-refractivity contribution in [3.05, 3.63) is 0 Å². The number of hydrogen-bond donors (Lipinski definition) is 3. The quantitative estimate of drug-likeness (QED) is 0.264. The summed E-state index contributed by atoms with van der Waals surface area (Å²) in [5.41, 5.74) is 1.00. The normalized spacial score (nSPS) is 34.0. The van der Waals surface area contributed by atoms with E-state index in [-0.39, 0.29) is 30.6 Å². The monoisotopic (exact) mass is 464 g/mol. The van der Waals surface area contributed by atoms with Gasteiger partial charge in [0.25, 0.3) is 5.91 Å². The van der Waals surface area contributed by atoms with Crippen LogP contribution in [-0.4, -0.2) is 53.1 Å². The van der Waals surface area contributed by atoms with E-state index in [9.17, 15) is 10.0 Å². The molecule has 0 saturated heterocycles. The van der Waals surface area contributed by atoms with Crippen molar-refractivity contribution in [2.24, 2.45) is 22.7 Å². The van der Waals surface area contributed by atoms with Gasteiger partial charge in [0.05, 0.1) is 6.10 Å². The molecule has 0 spiro atoms. The number of hydrogen-bond acceptors (Lipinski definition) is 6. The van der Waals surface area contributed by atoms with Crippen LogP contribution in [0.25, 0.3) is 0 Å². The number of aliphatic hydroxyl groups is 1. The van der Waals surface area contributed by atoms with Gasteiger partial charge >= 0.3 is 0 Å². The molecule has 4 aliphatic rings. The van der Waals surface area contributed by atoms with Crippen LogP contribution in [-0.2, 0) is 14.3 Å². The Morgan fingerprint density at radius 1 is 1.00 bits per heavy atom. The predicted molar refractivity (Wildman–Crippen MR) is 126 cm³/mol. The van der Waals surface area contributed by atoms with E-state index in [0.29, 0.717) is 31.3 Å². The minimum Gasteiger partial charge on any atom is -0.474 e. The van der Waals surface area contributed by atoms with Crippen molar-refractivity contribution in [1.29, 1.82) is 0 Å². The molecule has 1 aliphatic heterocycles. The molecule has 33 heavy (non-hydrogen) atoms. The fourth-order valence-corrected chi connectivity index (χ4v) is 6.78. The zero-order valence-corrected chi connectivity index (χ0v) is 20.2. The zero-order chi connectivity index (χ0) is 23.1. The molecule has 2 atom stereocenters. The Kier molecular flexibility index (Phi) is 9.05. The maximum absolute atomic E-state index is 13.3. The molecule has 3 N–H and O–H groups in total. The van der Waals surface area contributed by atoms with Gasteiger partial charge in [0, 0.05) is 19.1 Å². The molecule has 0 bridgehead atoms. The summed E-state index contributed by atoms with van der Waals surface area (Å²) in [6, 6.07) is 0. The van der Waals surface area contributed by atoms with E-state index in [1.165, 1.54) is 38.5 Å². The predicted octanol–water partition coefficient (Wildman–Crippen LogP) is 4.54. The maximum Gasteiger partial charge on any atom is 0.275 e. The fraction of sp³-hybridized carbons (Fsp3) is 0.923. The van der Waals surface area contributed by atoms with Crippen molar-refractivity contribution in [3.8, 4) is 0 Å². The summed E-state index contributed by atoms with van der Waals surface area (Å²) in [7, 11) is 0. The lowest BCUT2D eigenvalue weighted by atomic mass is 9.71. The third-order valence-electron chi connectivity index (χ3n) is 8.60. The summed E-state index contributed by atoms with van der Waals surface area (Å²) in [4.78, 5) is 18.4. The molecule has 3 aliphatic carbocycles. The summed E-state index contributed by atoms with van der Waals surface area (Å²) < 4.78 is 12.6. The van der Waals surface area contributed by atoms with Crippen molar-refractivity contribution in [2.45, 2.75) is 120 Å². The van der Waals surface area contributed by atoms with Gasteiger partial charge in [0.15, 0.2) is 11.4 Å². The number of ether oxygens (including phenoxy) is 2. The minimum atomic E-state index is -0.997. The van der Waals surface area contributed by atoms with Crippen LogP contribution in [0.5, 0.6) is 0 Å². The number of nitrogens with one attached hydrogen (secondary N) is 1. The van der Waals surface area contributed by atoms with Gasteiger partial charge in [-0.15, -0.1) is 0 Å². The lowest BCUT2D eigenvalue weighted by Gasteiger charge is -2.38. The molecule has 7 heteroatoms. The van der Waals surface area contributed by atoms with Crippen molar-refractivity contribution in [2.75, 3.05) is 13.2 Å². The molecule has 3 fully saturated rings. The highest BCUT2D eigenvalue weighted by Gasteiger charge is 2.56. The first-order valence-corrected chi connectivity index (χ1v) is 13.6. The molecule has 7 nitrogen and oxygen atoms in total. The van der Waals surface area contributed by atoms with Crippen molar-refractivity contribution >= 4 is 11.8 Å². The van der Waals surface area contributed by atoms with Crippen LogP contribution in [0, 0.1) is 17.8 Å².